The van der Waals surface area contributed by atoms with E-state index in [1.54, 1.807) is 35.3 Å². The molecule has 0 saturated heterocycles. The molecule has 0 saturated carbocycles. The third-order valence-corrected chi connectivity index (χ3v) is 3.64. The van der Waals surface area contributed by atoms with Crippen LogP contribution in [0, 0.1) is 0 Å². The minimum Gasteiger partial charge on any atom is -0.489 e. The highest BCUT2D eigenvalue weighted by atomic mass is 19.4. The summed E-state index contributed by atoms with van der Waals surface area (Å²) < 4.78 is 43.8. The Morgan fingerprint density at radius 3 is 2.37 bits per heavy atom. The Bertz CT molecular complexity index is 979. The fourth-order valence-electron chi connectivity index (χ4n) is 2.31. The minimum absolute atomic E-state index is 0.0736. The first-order chi connectivity index (χ1) is 12.9. The lowest BCUT2D eigenvalue weighted by Gasteiger charge is -2.06. The highest BCUT2D eigenvalue weighted by Gasteiger charge is 2.32. The Labute approximate surface area is 153 Å². The maximum absolute atomic E-state index is 12.7. The van der Waals surface area contributed by atoms with E-state index in [0.29, 0.717) is 12.4 Å². The van der Waals surface area contributed by atoms with Crippen LogP contribution in [0.1, 0.15) is 22.5 Å². The molecule has 0 bridgehead atoms. The zero-order valence-electron chi connectivity index (χ0n) is 14.0. The fraction of sp³-hybridized carbons (Fsp3) is 0.100. The summed E-state index contributed by atoms with van der Waals surface area (Å²) in [4.78, 5) is 16.5. The number of hydrogen-bond donors (Lipinski definition) is 1. The monoisotopic (exact) mass is 372 g/mol. The van der Waals surface area contributed by atoms with Gasteiger partial charge in [-0.3, -0.25) is 0 Å². The van der Waals surface area contributed by atoms with Crippen LogP contribution >= 0.6 is 0 Å². The molecule has 4 nitrogen and oxygen atoms in total. The quantitative estimate of drug-likeness (QED) is 0.716. The molecule has 0 atom stereocenters. The molecule has 0 radical (unpaired) electrons. The number of aromatic nitrogens is 2. The number of rotatable bonds is 5. The first kappa shape index (κ1) is 18.4. The largest absolute Gasteiger partial charge is 0.489 e. The zero-order valence-corrected chi connectivity index (χ0v) is 14.0. The summed E-state index contributed by atoms with van der Waals surface area (Å²) in [5, 5.41) is 0. The second kappa shape index (κ2) is 7.90. The van der Waals surface area contributed by atoms with Crippen molar-refractivity contribution in [1.82, 2.24) is 9.97 Å². The van der Waals surface area contributed by atoms with E-state index in [4.69, 9.17) is 4.74 Å². The van der Waals surface area contributed by atoms with Crippen LogP contribution in [0.25, 0.3) is 12.2 Å². The van der Waals surface area contributed by atoms with E-state index in [2.05, 4.69) is 4.98 Å². The highest BCUT2D eigenvalue weighted by Crippen LogP contribution is 2.27. The van der Waals surface area contributed by atoms with Crippen molar-refractivity contribution in [3.63, 3.8) is 0 Å². The summed E-state index contributed by atoms with van der Waals surface area (Å²) in [6.45, 7) is 0.437. The first-order valence-corrected chi connectivity index (χ1v) is 8.03. The Balaban J connectivity index is 1.68. The van der Waals surface area contributed by atoms with Crippen LogP contribution in [0.3, 0.4) is 0 Å². The van der Waals surface area contributed by atoms with Crippen LogP contribution in [0.2, 0.25) is 0 Å². The van der Waals surface area contributed by atoms with Crippen molar-refractivity contribution < 1.29 is 17.9 Å². The molecule has 0 aliphatic carbocycles. The summed E-state index contributed by atoms with van der Waals surface area (Å²) in [6.07, 6.45) is -1.71. The molecular weight excluding hydrogens is 357 g/mol. The third-order valence-electron chi connectivity index (χ3n) is 3.64. The Morgan fingerprint density at radius 2 is 1.70 bits per heavy atom. The van der Waals surface area contributed by atoms with Crippen molar-refractivity contribution in [3.8, 4) is 5.75 Å². The number of nitrogens with zero attached hydrogens (tertiary/aromatic N) is 1. The molecule has 0 unspecified atom stereocenters. The summed E-state index contributed by atoms with van der Waals surface area (Å²) >= 11 is 0. The molecule has 1 heterocycles. The topological polar surface area (TPSA) is 55.0 Å². The van der Waals surface area contributed by atoms with Crippen LogP contribution < -0.4 is 10.4 Å². The van der Waals surface area contributed by atoms with Gasteiger partial charge < -0.3 is 9.72 Å². The van der Waals surface area contributed by atoms with Gasteiger partial charge in [0.25, 0.3) is 0 Å². The first-order valence-electron chi connectivity index (χ1n) is 8.03. The summed E-state index contributed by atoms with van der Waals surface area (Å²) in [5.74, 6) is 0.671. The molecule has 0 spiro atoms. The van der Waals surface area contributed by atoms with E-state index in [0.717, 1.165) is 17.2 Å². The van der Waals surface area contributed by atoms with Gasteiger partial charge in [0, 0.05) is 0 Å². The van der Waals surface area contributed by atoms with Gasteiger partial charge in [-0.1, -0.05) is 48.5 Å². The zero-order chi connectivity index (χ0) is 19.3. The molecule has 0 fully saturated rings. The van der Waals surface area contributed by atoms with Gasteiger partial charge in [-0.05, 0) is 35.4 Å². The molecular formula is C20H15F3N2O2. The van der Waals surface area contributed by atoms with Crippen molar-refractivity contribution in [2.24, 2.45) is 0 Å². The van der Waals surface area contributed by atoms with Gasteiger partial charge in [-0.25, -0.2) is 4.79 Å². The van der Waals surface area contributed by atoms with Crippen LogP contribution in [0.4, 0.5) is 13.2 Å². The predicted molar refractivity (Wildman–Crippen MR) is 96.0 cm³/mol. The molecule has 7 heteroatoms. The molecule has 0 amide bonds. The maximum atomic E-state index is 12.7. The second-order valence-corrected chi connectivity index (χ2v) is 5.70. The number of H-pyrrole nitrogens is 1. The molecule has 3 aromatic rings. The van der Waals surface area contributed by atoms with Gasteiger partial charge in [-0.15, -0.1) is 0 Å². The Morgan fingerprint density at radius 1 is 1.00 bits per heavy atom. The normalized spacial score (nSPS) is 11.7. The molecule has 1 aromatic heterocycles. The van der Waals surface area contributed by atoms with E-state index < -0.39 is 17.6 Å². The lowest BCUT2D eigenvalue weighted by molar-refractivity contribution is -0.141. The molecule has 0 aliphatic heterocycles. The molecule has 0 aliphatic rings. The summed E-state index contributed by atoms with van der Waals surface area (Å²) in [7, 11) is 0. The Kier molecular flexibility index (Phi) is 5.40. The van der Waals surface area contributed by atoms with Gasteiger partial charge in [0.15, 0.2) is 0 Å². The summed E-state index contributed by atoms with van der Waals surface area (Å²) in [5.41, 5.74) is -0.476. The van der Waals surface area contributed by atoms with Crippen LogP contribution in [0.5, 0.6) is 5.75 Å². The van der Waals surface area contributed by atoms with Crippen molar-refractivity contribution in [1.29, 1.82) is 0 Å². The average Bonchev–Trinajstić information content (AvgIpc) is 2.65. The number of nitrogens with one attached hydrogen (secondary N) is 1. The fourth-order valence-corrected chi connectivity index (χ4v) is 2.31. The van der Waals surface area contributed by atoms with E-state index in [9.17, 15) is 18.0 Å². The SMILES string of the molecule is O=c1nc(/C=C/c2ccc(OCc3ccccc3)cc2)cc(C(F)(F)F)[nH]1. The van der Waals surface area contributed by atoms with E-state index in [-0.39, 0.29) is 5.69 Å². The average molecular weight is 372 g/mol. The van der Waals surface area contributed by atoms with Crippen LogP contribution in [0.15, 0.2) is 65.5 Å². The smallest absolute Gasteiger partial charge is 0.431 e. The second-order valence-electron chi connectivity index (χ2n) is 5.70. The number of hydrogen-bond acceptors (Lipinski definition) is 3. The van der Waals surface area contributed by atoms with E-state index >= 15 is 0 Å². The van der Waals surface area contributed by atoms with Gasteiger partial charge in [0.05, 0.1) is 5.69 Å². The van der Waals surface area contributed by atoms with Crippen molar-refractivity contribution in [3.05, 3.63) is 93.7 Å². The van der Waals surface area contributed by atoms with E-state index in [1.165, 1.54) is 6.08 Å². The molecule has 3 rings (SSSR count). The van der Waals surface area contributed by atoms with Gasteiger partial charge in [0.1, 0.15) is 18.1 Å². The maximum Gasteiger partial charge on any atom is 0.431 e. The number of aromatic amines is 1. The number of benzene rings is 2. The van der Waals surface area contributed by atoms with Crippen LogP contribution in [-0.4, -0.2) is 9.97 Å². The number of ether oxygens (including phenoxy) is 1. The molecule has 2 aromatic carbocycles. The van der Waals surface area contributed by atoms with E-state index in [1.807, 2.05) is 30.3 Å². The minimum atomic E-state index is -4.64. The van der Waals surface area contributed by atoms with Gasteiger partial charge >= 0.3 is 11.9 Å². The number of halogens is 3. The standard InChI is InChI=1S/C20H15F3N2O2/c21-20(22,23)18-12-16(24-19(26)25-18)9-6-14-7-10-17(11-8-14)27-13-15-4-2-1-3-5-15/h1-12H,13H2,(H,24,25,26)/b9-6+. The molecule has 27 heavy (non-hydrogen) atoms. The lowest BCUT2D eigenvalue weighted by atomic mass is 10.2. The van der Waals surface area contributed by atoms with Gasteiger partial charge in [-0.2, -0.15) is 18.2 Å². The molecule has 138 valence electrons. The van der Waals surface area contributed by atoms with Crippen LogP contribution in [-0.2, 0) is 12.8 Å². The highest BCUT2D eigenvalue weighted by molar-refractivity contribution is 5.68. The predicted octanol–water partition coefficient (Wildman–Crippen LogP) is 4.54. The van der Waals surface area contributed by atoms with Crippen molar-refractivity contribution >= 4 is 12.2 Å². The van der Waals surface area contributed by atoms with Crippen molar-refractivity contribution in [2.75, 3.05) is 0 Å². The molecule has 1 N–H and O–H groups in total. The lowest BCUT2D eigenvalue weighted by Crippen LogP contribution is -2.19. The number of alkyl halides is 3. The Hall–Kier alpha value is -3.35. The van der Waals surface area contributed by atoms with Crippen molar-refractivity contribution in [2.45, 2.75) is 12.8 Å². The third kappa shape index (κ3) is 5.31. The van der Waals surface area contributed by atoms with Gasteiger partial charge in [0.2, 0.25) is 0 Å². The summed E-state index contributed by atoms with van der Waals surface area (Å²) in [6, 6.07) is 17.5.